The average molecular weight is 884 g/mol. The lowest BCUT2D eigenvalue weighted by molar-refractivity contribution is -0.134. The number of likely N-dealkylation sites (tertiary alicyclic amines) is 1. The van der Waals surface area contributed by atoms with E-state index in [0.29, 0.717) is 47.4 Å². The number of carbonyl (C=O) groups is 2. The first-order valence-electron chi connectivity index (χ1n) is 21.4. The number of rotatable bonds is 14. The fraction of sp³-hybridized carbons (Fsp3) is 0.477. The number of amides is 2. The molecule has 3 N–H and O–H groups in total. The molecule has 0 bridgehead atoms. The molecule has 5 aromatic rings. The molecule has 3 saturated heterocycles. The number of aromatic nitrogens is 6. The summed E-state index contributed by atoms with van der Waals surface area (Å²) >= 11 is 1.43. The lowest BCUT2D eigenvalue weighted by atomic mass is 9.92. The standard InChI is InChI=1S/C44H54FN11O4S2/c1-5-23-62(59,60)53-34-8-6-7-33(38(34)45)39-40(61-42(52-39)44(2,3)4)35-13-18-46-43(50-35)49-30-25-48-56(27-30)31-16-20-54(21-17-31)19-14-28-15-22-55(26-28)36-11-9-29(24-47-36)32-10-12-37(57)51-41(32)58/h6-9,11,13,18,24-25,27-28,31-32,53H,5,10,12,14-17,19-23,26H2,1-4H3,(H,46,49,50)(H,51,57,58)/t28-,32?/m1/s1. The van der Waals surface area contributed by atoms with Crippen LogP contribution in [0.15, 0.2) is 61.2 Å². The molecule has 8 rings (SSSR count). The van der Waals surface area contributed by atoms with Crippen molar-refractivity contribution >= 4 is 56.3 Å². The van der Waals surface area contributed by atoms with Crippen molar-refractivity contribution < 1.29 is 22.4 Å². The molecular formula is C44H54FN11O4S2. The number of thiazole rings is 1. The van der Waals surface area contributed by atoms with Gasteiger partial charge in [-0.1, -0.05) is 39.8 Å². The molecule has 328 valence electrons. The number of anilines is 4. The molecule has 62 heavy (non-hydrogen) atoms. The van der Waals surface area contributed by atoms with E-state index < -0.39 is 15.8 Å². The third-order valence-corrected chi connectivity index (χ3v) is 14.8. The molecule has 1 unspecified atom stereocenters. The highest BCUT2D eigenvalue weighted by Gasteiger charge is 2.31. The van der Waals surface area contributed by atoms with Gasteiger partial charge in [-0.2, -0.15) is 5.10 Å². The number of nitrogens with one attached hydrogen (secondary N) is 3. The Hall–Kier alpha value is -5.33. The van der Waals surface area contributed by atoms with Crippen molar-refractivity contribution in [2.24, 2.45) is 5.92 Å². The van der Waals surface area contributed by atoms with Crippen LogP contribution in [0.5, 0.6) is 0 Å². The fourth-order valence-corrected chi connectivity index (χ4v) is 10.6. The third-order valence-electron chi connectivity index (χ3n) is 11.8. The number of benzene rings is 1. The van der Waals surface area contributed by atoms with Gasteiger partial charge in [0, 0.05) is 62.2 Å². The van der Waals surface area contributed by atoms with Crippen molar-refractivity contribution in [2.75, 3.05) is 53.4 Å². The molecular weight excluding hydrogens is 830 g/mol. The highest BCUT2D eigenvalue weighted by atomic mass is 32.2. The molecule has 2 amide bonds. The first-order valence-corrected chi connectivity index (χ1v) is 23.9. The minimum Gasteiger partial charge on any atom is -0.356 e. The van der Waals surface area contributed by atoms with Crippen LogP contribution in [-0.4, -0.2) is 93.3 Å². The Kier molecular flexibility index (Phi) is 12.7. The van der Waals surface area contributed by atoms with E-state index in [1.165, 1.54) is 17.4 Å². The summed E-state index contributed by atoms with van der Waals surface area (Å²) < 4.78 is 45.6. The molecule has 3 aliphatic rings. The van der Waals surface area contributed by atoms with Gasteiger partial charge in [0.1, 0.15) is 5.82 Å². The van der Waals surface area contributed by atoms with Gasteiger partial charge in [-0.3, -0.25) is 24.3 Å². The van der Waals surface area contributed by atoms with E-state index in [9.17, 15) is 18.0 Å². The molecule has 15 nitrogen and oxygen atoms in total. The second-order valence-electron chi connectivity index (χ2n) is 17.5. The summed E-state index contributed by atoms with van der Waals surface area (Å²) in [4.78, 5) is 48.3. The third kappa shape index (κ3) is 9.97. The van der Waals surface area contributed by atoms with E-state index >= 15 is 4.39 Å². The van der Waals surface area contributed by atoms with Crippen molar-refractivity contribution in [3.05, 3.63) is 77.6 Å². The smallest absolute Gasteiger partial charge is 0.234 e. The fourth-order valence-electron chi connectivity index (χ4n) is 8.41. The second-order valence-corrected chi connectivity index (χ2v) is 20.4. The van der Waals surface area contributed by atoms with Gasteiger partial charge >= 0.3 is 0 Å². The average Bonchev–Trinajstić information content (AvgIpc) is 4.02. The summed E-state index contributed by atoms with van der Waals surface area (Å²) in [5.41, 5.74) is 2.29. The van der Waals surface area contributed by atoms with Crippen molar-refractivity contribution in [1.29, 1.82) is 0 Å². The van der Waals surface area contributed by atoms with Gasteiger partial charge in [-0.25, -0.2) is 32.7 Å². The number of imide groups is 1. The Morgan fingerprint density at radius 1 is 0.984 bits per heavy atom. The predicted molar refractivity (Wildman–Crippen MR) is 239 cm³/mol. The van der Waals surface area contributed by atoms with Crippen LogP contribution in [0.4, 0.5) is 27.5 Å². The van der Waals surface area contributed by atoms with Crippen LogP contribution in [0.2, 0.25) is 0 Å². The molecule has 0 saturated carbocycles. The van der Waals surface area contributed by atoms with E-state index in [1.807, 2.05) is 43.8 Å². The van der Waals surface area contributed by atoms with Crippen LogP contribution in [0.3, 0.4) is 0 Å². The summed E-state index contributed by atoms with van der Waals surface area (Å²) in [5.74, 6) is 0.320. The molecule has 3 aliphatic heterocycles. The molecule has 0 aliphatic carbocycles. The number of hydrogen-bond acceptors (Lipinski definition) is 13. The molecule has 3 fully saturated rings. The van der Waals surface area contributed by atoms with Crippen LogP contribution in [0.25, 0.3) is 21.8 Å². The Morgan fingerprint density at radius 3 is 2.55 bits per heavy atom. The van der Waals surface area contributed by atoms with E-state index in [4.69, 9.17) is 20.1 Å². The van der Waals surface area contributed by atoms with Gasteiger partial charge in [0.15, 0.2) is 5.82 Å². The topological polar surface area (TPSA) is 180 Å². The summed E-state index contributed by atoms with van der Waals surface area (Å²) in [6.45, 7) is 12.9. The molecule has 0 radical (unpaired) electrons. The van der Waals surface area contributed by atoms with Crippen LogP contribution in [0.1, 0.15) is 95.2 Å². The largest absolute Gasteiger partial charge is 0.356 e. The number of pyridine rings is 1. The van der Waals surface area contributed by atoms with Crippen LogP contribution in [0, 0.1) is 11.7 Å². The van der Waals surface area contributed by atoms with Crippen LogP contribution in [-0.2, 0) is 25.0 Å². The van der Waals surface area contributed by atoms with Gasteiger partial charge in [0.25, 0.3) is 0 Å². The van der Waals surface area contributed by atoms with Crippen molar-refractivity contribution in [1.82, 2.24) is 39.9 Å². The zero-order chi connectivity index (χ0) is 43.6. The van der Waals surface area contributed by atoms with Crippen molar-refractivity contribution in [3.63, 3.8) is 0 Å². The highest BCUT2D eigenvalue weighted by molar-refractivity contribution is 7.92. The van der Waals surface area contributed by atoms with E-state index in [1.54, 1.807) is 43.7 Å². The number of nitrogens with zero attached hydrogens (tertiary/aromatic N) is 8. The maximum atomic E-state index is 16.1. The lowest BCUT2D eigenvalue weighted by Gasteiger charge is -2.32. The zero-order valence-electron chi connectivity index (χ0n) is 35.6. The molecule has 7 heterocycles. The Morgan fingerprint density at radius 2 is 1.81 bits per heavy atom. The van der Waals surface area contributed by atoms with Crippen molar-refractivity contribution in [2.45, 2.75) is 90.0 Å². The van der Waals surface area contributed by atoms with Crippen LogP contribution < -0.4 is 20.3 Å². The minimum atomic E-state index is -3.71. The maximum Gasteiger partial charge on any atom is 0.234 e. The minimum absolute atomic E-state index is 0.113. The second kappa shape index (κ2) is 18.2. The van der Waals surface area contributed by atoms with Gasteiger partial charge < -0.3 is 15.1 Å². The molecule has 1 aromatic carbocycles. The summed E-state index contributed by atoms with van der Waals surface area (Å²) in [5, 5.41) is 11.2. The molecule has 0 spiro atoms. The maximum absolute atomic E-state index is 16.1. The first-order chi connectivity index (χ1) is 29.7. The Balaban J connectivity index is 0.856. The van der Waals surface area contributed by atoms with Crippen LogP contribution >= 0.6 is 11.3 Å². The highest BCUT2D eigenvalue weighted by Crippen LogP contribution is 2.42. The van der Waals surface area contributed by atoms with E-state index in [-0.39, 0.29) is 46.2 Å². The van der Waals surface area contributed by atoms with Crippen molar-refractivity contribution in [3.8, 4) is 21.8 Å². The quantitative estimate of drug-likeness (QED) is 0.0952. The summed E-state index contributed by atoms with van der Waals surface area (Å²) in [6.07, 6.45) is 12.8. The SMILES string of the molecule is CCCS(=O)(=O)Nc1cccc(-c2nc(C(C)(C)C)sc2-c2ccnc(Nc3cnn(C4CCN(CC[C@@H]5CCN(c6ccc(C7CCC(=O)NC7=O)cn6)C5)CC4)c3)n2)c1F. The Labute approximate surface area is 366 Å². The summed E-state index contributed by atoms with van der Waals surface area (Å²) in [6, 6.07) is 10.7. The molecule has 4 aromatic heterocycles. The molecule has 18 heteroatoms. The summed E-state index contributed by atoms with van der Waals surface area (Å²) in [7, 11) is -3.71. The van der Waals surface area contributed by atoms with Gasteiger partial charge in [-0.15, -0.1) is 11.3 Å². The predicted octanol–water partition coefficient (Wildman–Crippen LogP) is 7.26. The van der Waals surface area contributed by atoms with Gasteiger partial charge in [0.05, 0.1) is 56.6 Å². The Bertz CT molecular complexity index is 2510. The number of hydrogen-bond donors (Lipinski definition) is 3. The molecule has 2 atom stereocenters. The number of carbonyl (C=O) groups excluding carboxylic acids is 2. The van der Waals surface area contributed by atoms with E-state index in [0.717, 1.165) is 80.5 Å². The van der Waals surface area contributed by atoms with E-state index in [2.05, 4.69) is 30.1 Å². The lowest BCUT2D eigenvalue weighted by Crippen LogP contribution is -2.39. The zero-order valence-corrected chi connectivity index (χ0v) is 37.2. The van der Waals surface area contributed by atoms with Gasteiger partial charge in [-0.05, 0) is 80.8 Å². The number of sulfonamides is 1. The first kappa shape index (κ1) is 43.3. The monoisotopic (exact) mass is 883 g/mol. The normalized spacial score (nSPS) is 19.2. The van der Waals surface area contributed by atoms with Gasteiger partial charge in [0.2, 0.25) is 27.8 Å². The number of piperidine rings is 2. The number of halogens is 1.